The van der Waals surface area contributed by atoms with Crippen molar-refractivity contribution in [2.75, 3.05) is 0 Å². The summed E-state index contributed by atoms with van der Waals surface area (Å²) in [7, 11) is -0.265. The molecule has 1 heterocycles. The summed E-state index contributed by atoms with van der Waals surface area (Å²) in [5.74, 6) is 0.292. The average molecular weight is 212 g/mol. The Hall–Kier alpha value is -0.345. The van der Waals surface area contributed by atoms with Crippen molar-refractivity contribution in [3.8, 4) is 0 Å². The molecule has 1 saturated heterocycles. The number of ketones is 1. The maximum atomic E-state index is 11.0. The van der Waals surface area contributed by atoms with Crippen LogP contribution in [0.3, 0.4) is 0 Å². The Morgan fingerprint density at radius 1 is 1.20 bits per heavy atom. The van der Waals surface area contributed by atoms with Crippen LogP contribution in [-0.2, 0) is 14.1 Å². The fourth-order valence-corrected chi connectivity index (χ4v) is 1.67. The molecule has 4 heteroatoms. The van der Waals surface area contributed by atoms with Gasteiger partial charge in [0.25, 0.3) is 0 Å². The van der Waals surface area contributed by atoms with E-state index in [4.69, 9.17) is 9.31 Å². The van der Waals surface area contributed by atoms with Crippen LogP contribution in [-0.4, -0.2) is 24.1 Å². The molecule has 0 bridgehead atoms. The molecule has 15 heavy (non-hydrogen) atoms. The van der Waals surface area contributed by atoms with Gasteiger partial charge >= 0.3 is 7.12 Å². The Balaban J connectivity index is 2.66. The van der Waals surface area contributed by atoms with Crippen molar-refractivity contribution < 1.29 is 14.1 Å². The molecule has 1 atom stereocenters. The molecule has 0 aromatic heterocycles. The number of hydrogen-bond acceptors (Lipinski definition) is 3. The molecule has 0 amide bonds. The molecule has 1 fully saturated rings. The third-order valence-electron chi connectivity index (χ3n) is 3.35. The molecular weight excluding hydrogens is 191 g/mol. The van der Waals surface area contributed by atoms with Crippen LogP contribution in [0.2, 0.25) is 5.82 Å². The zero-order valence-electron chi connectivity index (χ0n) is 10.6. The number of carbonyl (C=O) groups excluding carboxylic acids is 1. The molecule has 0 saturated carbocycles. The van der Waals surface area contributed by atoms with Crippen LogP contribution < -0.4 is 0 Å². The second-order valence-corrected chi connectivity index (χ2v) is 5.51. The van der Waals surface area contributed by atoms with E-state index in [-0.39, 0.29) is 29.9 Å². The van der Waals surface area contributed by atoms with Crippen molar-refractivity contribution in [2.24, 2.45) is 0 Å². The molecule has 1 aliphatic heterocycles. The molecule has 1 aliphatic rings. The molecule has 0 aromatic rings. The van der Waals surface area contributed by atoms with Gasteiger partial charge in [-0.25, -0.2) is 0 Å². The summed E-state index contributed by atoms with van der Waals surface area (Å²) in [5, 5.41) is 0. The summed E-state index contributed by atoms with van der Waals surface area (Å²) in [5.41, 5.74) is -0.606. The van der Waals surface area contributed by atoms with Gasteiger partial charge in [-0.2, -0.15) is 0 Å². The van der Waals surface area contributed by atoms with E-state index in [9.17, 15) is 4.79 Å². The minimum absolute atomic E-state index is 0.114. The van der Waals surface area contributed by atoms with E-state index in [1.807, 2.05) is 34.6 Å². The normalized spacial score (nSPS) is 25.3. The van der Waals surface area contributed by atoms with Gasteiger partial charge in [0.1, 0.15) is 5.78 Å². The zero-order valence-corrected chi connectivity index (χ0v) is 10.6. The highest BCUT2D eigenvalue weighted by Crippen LogP contribution is 2.40. The minimum atomic E-state index is -0.303. The Morgan fingerprint density at radius 2 is 1.60 bits per heavy atom. The first-order valence-corrected chi connectivity index (χ1v) is 5.51. The Kier molecular flexibility index (Phi) is 3.31. The molecule has 0 spiro atoms. The Labute approximate surface area is 92.7 Å². The SMILES string of the molecule is CC(=O)CC(C)B1OC(C)(C)C(C)(C)O1. The first-order chi connectivity index (χ1) is 6.66. The van der Waals surface area contributed by atoms with Crippen LogP contribution in [0.15, 0.2) is 0 Å². The quantitative estimate of drug-likeness (QED) is 0.674. The minimum Gasteiger partial charge on any atom is -0.403 e. The van der Waals surface area contributed by atoms with Crippen molar-refractivity contribution in [3.63, 3.8) is 0 Å². The molecular formula is C11H21BO3. The summed E-state index contributed by atoms with van der Waals surface area (Å²) < 4.78 is 11.7. The zero-order chi connectivity index (χ0) is 11.9. The monoisotopic (exact) mass is 212 g/mol. The van der Waals surface area contributed by atoms with Gasteiger partial charge in [0.2, 0.25) is 0 Å². The second kappa shape index (κ2) is 3.91. The van der Waals surface area contributed by atoms with Gasteiger partial charge in [-0.05, 0) is 40.4 Å². The summed E-state index contributed by atoms with van der Waals surface area (Å²) >= 11 is 0. The summed E-state index contributed by atoms with van der Waals surface area (Å²) in [6.45, 7) is 11.7. The maximum absolute atomic E-state index is 11.0. The third-order valence-corrected chi connectivity index (χ3v) is 3.35. The fourth-order valence-electron chi connectivity index (χ4n) is 1.67. The van der Waals surface area contributed by atoms with Gasteiger partial charge in [-0.15, -0.1) is 0 Å². The average Bonchev–Trinajstić information content (AvgIpc) is 2.20. The highest BCUT2D eigenvalue weighted by Gasteiger charge is 2.52. The number of Topliss-reactive ketones (excluding diaryl/α,β-unsaturated/α-hetero) is 1. The van der Waals surface area contributed by atoms with E-state index < -0.39 is 0 Å². The molecule has 1 unspecified atom stereocenters. The number of carbonyl (C=O) groups is 1. The van der Waals surface area contributed by atoms with Gasteiger partial charge in [0.05, 0.1) is 11.2 Å². The van der Waals surface area contributed by atoms with E-state index in [1.54, 1.807) is 6.92 Å². The lowest BCUT2D eigenvalue weighted by molar-refractivity contribution is -0.117. The second-order valence-electron chi connectivity index (χ2n) is 5.51. The lowest BCUT2D eigenvalue weighted by atomic mass is 9.71. The molecule has 0 aliphatic carbocycles. The molecule has 0 radical (unpaired) electrons. The molecule has 3 nitrogen and oxygen atoms in total. The smallest absolute Gasteiger partial charge is 0.403 e. The van der Waals surface area contributed by atoms with Crippen LogP contribution in [0.4, 0.5) is 0 Å². The predicted molar refractivity (Wildman–Crippen MR) is 60.8 cm³/mol. The first-order valence-electron chi connectivity index (χ1n) is 5.51. The van der Waals surface area contributed by atoms with Crippen molar-refractivity contribution in [1.82, 2.24) is 0 Å². The highest BCUT2D eigenvalue weighted by molar-refractivity contribution is 6.47. The van der Waals surface area contributed by atoms with Crippen LogP contribution in [0.5, 0.6) is 0 Å². The molecule has 1 rings (SSSR count). The summed E-state index contributed by atoms with van der Waals surface area (Å²) in [6.07, 6.45) is 0.511. The topological polar surface area (TPSA) is 35.5 Å². The summed E-state index contributed by atoms with van der Waals surface area (Å²) in [6, 6.07) is 0. The highest BCUT2D eigenvalue weighted by atomic mass is 16.7. The van der Waals surface area contributed by atoms with E-state index in [0.29, 0.717) is 6.42 Å². The standard InChI is InChI=1S/C11H21BO3/c1-8(7-9(2)13)12-14-10(3,4)11(5,6)15-12/h8H,7H2,1-6H3. The van der Waals surface area contributed by atoms with E-state index >= 15 is 0 Å². The van der Waals surface area contributed by atoms with Gasteiger partial charge in [0, 0.05) is 6.42 Å². The van der Waals surface area contributed by atoms with Crippen molar-refractivity contribution in [2.45, 2.75) is 65.0 Å². The lowest BCUT2D eigenvalue weighted by Crippen LogP contribution is -2.41. The summed E-state index contributed by atoms with van der Waals surface area (Å²) in [4.78, 5) is 11.0. The number of hydrogen-bond donors (Lipinski definition) is 0. The van der Waals surface area contributed by atoms with Crippen LogP contribution in [0.1, 0.15) is 48.0 Å². The predicted octanol–water partition coefficient (Wildman–Crippen LogP) is 2.45. The van der Waals surface area contributed by atoms with Gasteiger partial charge in [-0.1, -0.05) is 6.92 Å². The van der Waals surface area contributed by atoms with Crippen LogP contribution in [0, 0.1) is 0 Å². The fraction of sp³-hybridized carbons (Fsp3) is 0.909. The van der Waals surface area contributed by atoms with E-state index in [2.05, 4.69) is 0 Å². The van der Waals surface area contributed by atoms with Crippen LogP contribution in [0.25, 0.3) is 0 Å². The lowest BCUT2D eigenvalue weighted by Gasteiger charge is -2.32. The van der Waals surface area contributed by atoms with Gasteiger partial charge < -0.3 is 14.1 Å². The molecule has 0 N–H and O–H groups in total. The van der Waals surface area contributed by atoms with Gasteiger partial charge in [0.15, 0.2) is 0 Å². The van der Waals surface area contributed by atoms with Crippen molar-refractivity contribution in [3.05, 3.63) is 0 Å². The maximum Gasteiger partial charge on any atom is 0.461 e. The Morgan fingerprint density at radius 3 is 1.93 bits per heavy atom. The van der Waals surface area contributed by atoms with E-state index in [1.165, 1.54) is 0 Å². The van der Waals surface area contributed by atoms with Crippen molar-refractivity contribution >= 4 is 12.9 Å². The number of rotatable bonds is 3. The first kappa shape index (κ1) is 12.7. The Bertz CT molecular complexity index is 245. The molecule has 86 valence electrons. The van der Waals surface area contributed by atoms with Crippen LogP contribution >= 0.6 is 0 Å². The van der Waals surface area contributed by atoms with Gasteiger partial charge in [-0.3, -0.25) is 0 Å². The largest absolute Gasteiger partial charge is 0.461 e. The van der Waals surface area contributed by atoms with E-state index in [0.717, 1.165) is 0 Å². The molecule has 0 aromatic carbocycles. The van der Waals surface area contributed by atoms with Crippen molar-refractivity contribution in [1.29, 1.82) is 0 Å². The third kappa shape index (κ3) is 2.61.